The average Bonchev–Trinajstić information content (AvgIpc) is 3.09. The summed E-state index contributed by atoms with van der Waals surface area (Å²) in [6.45, 7) is 5.54. The van der Waals surface area contributed by atoms with Gasteiger partial charge in [0.05, 0.1) is 0 Å². The van der Waals surface area contributed by atoms with Gasteiger partial charge in [-0.2, -0.15) is 0 Å². The minimum atomic E-state index is -0.314. The van der Waals surface area contributed by atoms with Crippen LogP contribution in [0.25, 0.3) is 0 Å². The minimum absolute atomic E-state index is 0.119. The molecule has 0 saturated carbocycles. The van der Waals surface area contributed by atoms with E-state index in [1.807, 2.05) is 37.3 Å². The fourth-order valence-electron chi connectivity index (χ4n) is 2.08. The Kier molecular flexibility index (Phi) is 4.19. The van der Waals surface area contributed by atoms with Crippen LogP contribution >= 0.6 is 0 Å². The Bertz CT molecular complexity index is 521. The van der Waals surface area contributed by atoms with Gasteiger partial charge in [0, 0.05) is 18.4 Å². The number of carbonyl (C=O) groups is 1. The molecule has 1 aromatic carbocycles. The maximum atomic E-state index is 11.6. The lowest BCUT2D eigenvalue weighted by molar-refractivity contribution is -0.119. The van der Waals surface area contributed by atoms with Gasteiger partial charge in [0.2, 0.25) is 0 Å². The molecule has 0 radical (unpaired) electrons. The van der Waals surface area contributed by atoms with Crippen molar-refractivity contribution in [1.29, 1.82) is 0 Å². The zero-order valence-corrected chi connectivity index (χ0v) is 11.2. The summed E-state index contributed by atoms with van der Waals surface area (Å²) in [6, 6.07) is 9.89. The highest BCUT2D eigenvalue weighted by molar-refractivity contribution is 5.87. The van der Waals surface area contributed by atoms with Gasteiger partial charge >= 0.3 is 0 Å². The van der Waals surface area contributed by atoms with Crippen LogP contribution in [0.3, 0.4) is 0 Å². The Morgan fingerprint density at radius 1 is 1.47 bits per heavy atom. The number of ketones is 1. The molecule has 19 heavy (non-hydrogen) atoms. The number of allylic oxidation sites excluding steroid dienone is 1. The molecule has 0 aliphatic carbocycles. The molecule has 2 heteroatoms. The third-order valence-corrected chi connectivity index (χ3v) is 3.28. The fourth-order valence-corrected chi connectivity index (χ4v) is 2.08. The summed E-state index contributed by atoms with van der Waals surface area (Å²) >= 11 is 0. The molecule has 0 aromatic heterocycles. The summed E-state index contributed by atoms with van der Waals surface area (Å²) in [6.07, 6.45) is 3.28. The molecule has 2 atom stereocenters. The number of hydrogen-bond donors (Lipinski definition) is 0. The highest BCUT2D eigenvalue weighted by Gasteiger charge is 2.55. The highest BCUT2D eigenvalue weighted by Crippen LogP contribution is 2.41. The van der Waals surface area contributed by atoms with E-state index >= 15 is 0 Å². The van der Waals surface area contributed by atoms with Gasteiger partial charge in [-0.1, -0.05) is 36.1 Å². The monoisotopic (exact) mass is 254 g/mol. The molecular formula is C17H18O2. The number of benzene rings is 1. The van der Waals surface area contributed by atoms with Crippen LogP contribution in [0.2, 0.25) is 0 Å². The van der Waals surface area contributed by atoms with Gasteiger partial charge < -0.3 is 4.74 Å². The topological polar surface area (TPSA) is 29.6 Å². The molecule has 2 unspecified atom stereocenters. The number of rotatable bonds is 5. The van der Waals surface area contributed by atoms with Crippen molar-refractivity contribution in [2.45, 2.75) is 37.9 Å². The Labute approximate surface area is 114 Å². The summed E-state index contributed by atoms with van der Waals surface area (Å²) in [5, 5.41) is 0. The third kappa shape index (κ3) is 3.56. The molecule has 98 valence electrons. The van der Waals surface area contributed by atoms with E-state index < -0.39 is 0 Å². The average molecular weight is 254 g/mol. The van der Waals surface area contributed by atoms with Gasteiger partial charge in [0.15, 0.2) is 5.78 Å². The van der Waals surface area contributed by atoms with Crippen LogP contribution in [0.15, 0.2) is 43.0 Å². The second kappa shape index (κ2) is 5.86. The number of epoxide rings is 1. The predicted molar refractivity (Wildman–Crippen MR) is 75.7 cm³/mol. The molecule has 1 fully saturated rings. The van der Waals surface area contributed by atoms with Gasteiger partial charge in [0.1, 0.15) is 11.7 Å². The first-order chi connectivity index (χ1) is 9.15. The molecule has 1 aliphatic rings. The van der Waals surface area contributed by atoms with Crippen molar-refractivity contribution in [2.75, 3.05) is 0 Å². The van der Waals surface area contributed by atoms with E-state index in [-0.39, 0.29) is 17.5 Å². The van der Waals surface area contributed by atoms with Gasteiger partial charge in [-0.15, -0.1) is 6.58 Å². The summed E-state index contributed by atoms with van der Waals surface area (Å²) in [5.41, 5.74) is 0.703. The van der Waals surface area contributed by atoms with Crippen molar-refractivity contribution >= 4 is 5.78 Å². The van der Waals surface area contributed by atoms with Gasteiger partial charge in [-0.05, 0) is 25.5 Å². The van der Waals surface area contributed by atoms with Crippen molar-refractivity contribution in [3.05, 3.63) is 48.6 Å². The minimum Gasteiger partial charge on any atom is -0.358 e. The highest BCUT2D eigenvalue weighted by atomic mass is 16.6. The zero-order valence-electron chi connectivity index (χ0n) is 11.2. The van der Waals surface area contributed by atoms with E-state index in [1.54, 1.807) is 6.08 Å². The first-order valence-corrected chi connectivity index (χ1v) is 6.51. The first kappa shape index (κ1) is 13.6. The molecule has 0 bridgehead atoms. The normalized spacial score (nSPS) is 24.2. The number of carbonyl (C=O) groups excluding carboxylic acids is 1. The van der Waals surface area contributed by atoms with Gasteiger partial charge in [0.25, 0.3) is 0 Å². The van der Waals surface area contributed by atoms with Crippen molar-refractivity contribution in [3.63, 3.8) is 0 Å². The van der Waals surface area contributed by atoms with E-state index in [2.05, 4.69) is 18.4 Å². The lowest BCUT2D eigenvalue weighted by Crippen LogP contribution is -2.16. The predicted octanol–water partition coefficient (Wildman–Crippen LogP) is 3.12. The molecule has 1 saturated heterocycles. The quantitative estimate of drug-likeness (QED) is 0.459. The molecule has 2 nitrogen and oxygen atoms in total. The van der Waals surface area contributed by atoms with Crippen LogP contribution in [0.5, 0.6) is 0 Å². The summed E-state index contributed by atoms with van der Waals surface area (Å²) in [7, 11) is 0. The van der Waals surface area contributed by atoms with E-state index in [9.17, 15) is 4.79 Å². The van der Waals surface area contributed by atoms with Crippen LogP contribution in [0.1, 0.15) is 31.7 Å². The lowest BCUT2D eigenvalue weighted by atomic mass is 9.98. The molecule has 0 spiro atoms. The largest absolute Gasteiger partial charge is 0.358 e. The second-order valence-electron chi connectivity index (χ2n) is 4.94. The Morgan fingerprint density at radius 3 is 2.89 bits per heavy atom. The van der Waals surface area contributed by atoms with Crippen molar-refractivity contribution < 1.29 is 9.53 Å². The van der Waals surface area contributed by atoms with Crippen LogP contribution in [-0.4, -0.2) is 17.5 Å². The van der Waals surface area contributed by atoms with E-state index in [0.29, 0.717) is 6.42 Å². The molecule has 0 N–H and O–H groups in total. The standard InChI is InChI=1S/C17H18O2/c1-3-9-15(18)16-17(2,19-16)13-8-7-12-14-10-5-4-6-11-14/h3-6,10-11,16H,1,8-9,13H2,2H3. The zero-order chi connectivity index (χ0) is 13.7. The number of Topliss-reactive ketones (excluding diaryl/α,β-unsaturated/α-hetero) is 1. The fraction of sp³-hybridized carbons (Fsp3) is 0.353. The van der Waals surface area contributed by atoms with Crippen LogP contribution in [0, 0.1) is 11.8 Å². The smallest absolute Gasteiger partial charge is 0.168 e. The van der Waals surface area contributed by atoms with Crippen molar-refractivity contribution in [3.8, 4) is 11.8 Å². The van der Waals surface area contributed by atoms with Gasteiger partial charge in [-0.25, -0.2) is 0 Å². The number of ether oxygens (including phenoxy) is 1. The van der Waals surface area contributed by atoms with Crippen LogP contribution in [0.4, 0.5) is 0 Å². The third-order valence-electron chi connectivity index (χ3n) is 3.28. The molecular weight excluding hydrogens is 236 g/mol. The Balaban J connectivity index is 1.80. The van der Waals surface area contributed by atoms with E-state index in [1.165, 1.54) is 0 Å². The molecule has 1 aliphatic heterocycles. The van der Waals surface area contributed by atoms with E-state index in [4.69, 9.17) is 4.74 Å². The summed E-state index contributed by atoms with van der Waals surface area (Å²) in [5.74, 6) is 6.35. The van der Waals surface area contributed by atoms with E-state index in [0.717, 1.165) is 18.4 Å². The van der Waals surface area contributed by atoms with Crippen molar-refractivity contribution in [1.82, 2.24) is 0 Å². The number of hydrogen-bond acceptors (Lipinski definition) is 2. The van der Waals surface area contributed by atoms with Crippen LogP contribution in [-0.2, 0) is 9.53 Å². The van der Waals surface area contributed by atoms with Gasteiger partial charge in [-0.3, -0.25) is 4.79 Å². The first-order valence-electron chi connectivity index (χ1n) is 6.51. The second-order valence-corrected chi connectivity index (χ2v) is 4.94. The molecule has 2 rings (SSSR count). The lowest BCUT2D eigenvalue weighted by Gasteiger charge is -2.01. The Hall–Kier alpha value is -1.85. The summed E-state index contributed by atoms with van der Waals surface area (Å²) < 4.78 is 5.51. The molecule has 1 heterocycles. The molecule has 1 aromatic rings. The van der Waals surface area contributed by atoms with Crippen molar-refractivity contribution in [2.24, 2.45) is 0 Å². The summed E-state index contributed by atoms with van der Waals surface area (Å²) in [4.78, 5) is 11.6. The molecule has 0 amide bonds. The maximum Gasteiger partial charge on any atom is 0.168 e. The maximum absolute atomic E-state index is 11.6. The Morgan fingerprint density at radius 2 is 2.21 bits per heavy atom. The van der Waals surface area contributed by atoms with Crippen LogP contribution < -0.4 is 0 Å². The SMILES string of the molecule is C=CCC(=O)C1OC1(C)CCC#Cc1ccccc1.